The van der Waals surface area contributed by atoms with Gasteiger partial charge in [-0.05, 0) is 13.8 Å². The van der Waals surface area contributed by atoms with E-state index >= 15 is 0 Å². The number of ether oxygens (including phenoxy) is 1. The number of hydrogen-bond acceptors (Lipinski definition) is 4. The van der Waals surface area contributed by atoms with Crippen molar-refractivity contribution in [3.05, 3.63) is 0 Å². The van der Waals surface area contributed by atoms with Gasteiger partial charge in [0.15, 0.2) is 0 Å². The fourth-order valence-corrected chi connectivity index (χ4v) is 1.46. The van der Waals surface area contributed by atoms with Crippen molar-refractivity contribution < 1.29 is 4.74 Å². The Morgan fingerprint density at radius 2 is 2.27 bits per heavy atom. The van der Waals surface area contributed by atoms with Crippen molar-refractivity contribution in [2.24, 2.45) is 0 Å². The molecule has 0 atom stereocenters. The van der Waals surface area contributed by atoms with Gasteiger partial charge in [0, 0.05) is 19.7 Å². The van der Waals surface area contributed by atoms with Gasteiger partial charge in [0.05, 0.1) is 12.3 Å². The third-order valence-corrected chi connectivity index (χ3v) is 2.43. The van der Waals surface area contributed by atoms with Crippen LogP contribution in [0.5, 0.6) is 0 Å². The lowest BCUT2D eigenvalue weighted by molar-refractivity contribution is -0.0377. The fraction of sp³-hybridized carbons (Fsp3) is 1.00. The Morgan fingerprint density at radius 1 is 1.64 bits per heavy atom. The first-order valence-corrected chi connectivity index (χ1v) is 4.36. The van der Waals surface area contributed by atoms with Crippen molar-refractivity contribution in [2.75, 3.05) is 26.4 Å². The minimum Gasteiger partial charge on any atom is -0.366 e. The molecule has 0 saturated carbocycles. The molecule has 1 aliphatic heterocycles. The second-order valence-electron chi connectivity index (χ2n) is 3.28. The van der Waals surface area contributed by atoms with E-state index in [9.17, 15) is 0 Å². The molecule has 0 amide bonds. The van der Waals surface area contributed by atoms with E-state index in [1.807, 2.05) is 6.92 Å². The predicted octanol–water partition coefficient (Wildman–Crippen LogP) is 0.489. The van der Waals surface area contributed by atoms with Crippen LogP contribution in [-0.4, -0.2) is 36.9 Å². The molecule has 3 nitrogen and oxygen atoms in total. The van der Waals surface area contributed by atoms with Crippen LogP contribution in [0, 0.1) is 0 Å². The van der Waals surface area contributed by atoms with Gasteiger partial charge in [-0.3, -0.25) is 9.62 Å². The van der Waals surface area contributed by atoms with Crippen LogP contribution < -0.4 is 4.72 Å². The number of nitrogens with one attached hydrogen (secondary N) is 1. The summed E-state index contributed by atoms with van der Waals surface area (Å²) in [7, 11) is 0. The SMILES string of the molecule is CCOCN1CC(C)(NS)C1. The van der Waals surface area contributed by atoms with Gasteiger partial charge in [-0.25, -0.2) is 0 Å². The smallest absolute Gasteiger partial charge is 0.0991 e. The number of rotatable bonds is 4. The molecule has 1 fully saturated rings. The van der Waals surface area contributed by atoms with Gasteiger partial charge in [0.1, 0.15) is 0 Å². The van der Waals surface area contributed by atoms with Gasteiger partial charge < -0.3 is 4.74 Å². The summed E-state index contributed by atoms with van der Waals surface area (Å²) < 4.78 is 8.23. The summed E-state index contributed by atoms with van der Waals surface area (Å²) in [5.74, 6) is 0. The molecule has 0 spiro atoms. The summed E-state index contributed by atoms with van der Waals surface area (Å²) in [5, 5.41) is 0. The van der Waals surface area contributed by atoms with Gasteiger partial charge in [-0.1, -0.05) is 12.8 Å². The maximum atomic E-state index is 5.25. The van der Waals surface area contributed by atoms with Crippen LogP contribution >= 0.6 is 12.8 Å². The largest absolute Gasteiger partial charge is 0.366 e. The lowest BCUT2D eigenvalue weighted by atomic mass is 9.95. The number of hydrogen-bond donors (Lipinski definition) is 2. The van der Waals surface area contributed by atoms with E-state index in [1.165, 1.54) is 0 Å². The molecule has 1 aliphatic rings. The van der Waals surface area contributed by atoms with Crippen molar-refractivity contribution in [2.45, 2.75) is 19.4 Å². The zero-order chi connectivity index (χ0) is 8.32. The Labute approximate surface area is 73.6 Å². The molecule has 0 bridgehead atoms. The maximum Gasteiger partial charge on any atom is 0.0991 e. The average Bonchev–Trinajstić information content (AvgIpc) is 1.96. The molecule has 0 unspecified atom stereocenters. The summed E-state index contributed by atoms with van der Waals surface area (Å²) in [6, 6.07) is 0. The van der Waals surface area contributed by atoms with Crippen molar-refractivity contribution in [3.8, 4) is 0 Å². The van der Waals surface area contributed by atoms with E-state index < -0.39 is 0 Å². The Hall–Kier alpha value is 0.230. The number of thiol groups is 1. The van der Waals surface area contributed by atoms with Crippen LogP contribution in [-0.2, 0) is 4.74 Å². The summed E-state index contributed by atoms with van der Waals surface area (Å²) in [6.07, 6.45) is 0. The topological polar surface area (TPSA) is 24.5 Å². The molecule has 0 aliphatic carbocycles. The molecule has 0 aromatic heterocycles. The first kappa shape index (κ1) is 9.32. The highest BCUT2D eigenvalue weighted by Crippen LogP contribution is 2.19. The summed E-state index contributed by atoms with van der Waals surface area (Å²) in [5.41, 5.74) is 0.195. The lowest BCUT2D eigenvalue weighted by Gasteiger charge is -2.47. The Morgan fingerprint density at radius 3 is 2.73 bits per heavy atom. The van der Waals surface area contributed by atoms with Crippen LogP contribution in [0.3, 0.4) is 0 Å². The molecule has 4 heteroatoms. The highest BCUT2D eigenvalue weighted by Gasteiger charge is 2.37. The lowest BCUT2D eigenvalue weighted by Crippen LogP contribution is -2.65. The monoisotopic (exact) mass is 176 g/mol. The molecule has 1 rings (SSSR count). The molecule has 1 saturated heterocycles. The second kappa shape index (κ2) is 3.76. The molecule has 1 heterocycles. The predicted molar refractivity (Wildman–Crippen MR) is 48.6 cm³/mol. The Balaban J connectivity index is 2.08. The quantitative estimate of drug-likeness (QED) is 0.610. The van der Waals surface area contributed by atoms with E-state index in [2.05, 4.69) is 29.4 Å². The third-order valence-electron chi connectivity index (χ3n) is 1.89. The van der Waals surface area contributed by atoms with E-state index in [1.54, 1.807) is 0 Å². The van der Waals surface area contributed by atoms with Gasteiger partial charge in [-0.15, -0.1) is 0 Å². The number of likely N-dealkylation sites (tertiary alicyclic amines) is 1. The minimum absolute atomic E-state index is 0.195. The highest BCUT2D eigenvalue weighted by atomic mass is 32.1. The molecule has 0 radical (unpaired) electrons. The van der Waals surface area contributed by atoms with Crippen LogP contribution in [0.2, 0.25) is 0 Å². The van der Waals surface area contributed by atoms with Crippen molar-refractivity contribution in [1.29, 1.82) is 0 Å². The zero-order valence-corrected chi connectivity index (χ0v) is 8.03. The van der Waals surface area contributed by atoms with Crippen LogP contribution in [0.1, 0.15) is 13.8 Å². The van der Waals surface area contributed by atoms with Gasteiger partial charge in [-0.2, -0.15) is 0 Å². The third kappa shape index (κ3) is 2.33. The highest BCUT2D eigenvalue weighted by molar-refractivity contribution is 7.78. The second-order valence-corrected chi connectivity index (χ2v) is 3.51. The first-order chi connectivity index (χ1) is 5.20. The standard InChI is InChI=1S/C7H16N2OS/c1-3-10-6-9-4-7(2,5-9)8-11/h8,11H,3-6H2,1-2H3. The first-order valence-electron chi connectivity index (χ1n) is 3.91. The molecule has 11 heavy (non-hydrogen) atoms. The van der Waals surface area contributed by atoms with Crippen LogP contribution in [0.25, 0.3) is 0 Å². The van der Waals surface area contributed by atoms with Gasteiger partial charge >= 0.3 is 0 Å². The van der Waals surface area contributed by atoms with Crippen LogP contribution in [0.15, 0.2) is 0 Å². The molecular weight excluding hydrogens is 160 g/mol. The van der Waals surface area contributed by atoms with Gasteiger partial charge in [0.25, 0.3) is 0 Å². The van der Waals surface area contributed by atoms with Crippen molar-refractivity contribution in [3.63, 3.8) is 0 Å². The summed E-state index contributed by atoms with van der Waals surface area (Å²) in [6.45, 7) is 7.76. The average molecular weight is 176 g/mol. The Kier molecular flexibility index (Phi) is 3.18. The molecular formula is C7H16N2OS. The Bertz CT molecular complexity index is 126. The summed E-state index contributed by atoms with van der Waals surface area (Å²) >= 11 is 4.05. The zero-order valence-electron chi connectivity index (χ0n) is 7.13. The van der Waals surface area contributed by atoms with Crippen molar-refractivity contribution >= 4 is 12.8 Å². The summed E-state index contributed by atoms with van der Waals surface area (Å²) in [4.78, 5) is 2.24. The molecule has 66 valence electrons. The molecule has 0 aromatic carbocycles. The normalized spacial score (nSPS) is 23.2. The van der Waals surface area contributed by atoms with E-state index in [-0.39, 0.29) is 5.54 Å². The number of nitrogens with zero attached hydrogens (tertiary/aromatic N) is 1. The van der Waals surface area contributed by atoms with Crippen molar-refractivity contribution in [1.82, 2.24) is 9.62 Å². The van der Waals surface area contributed by atoms with Gasteiger partial charge in [0.2, 0.25) is 0 Å². The van der Waals surface area contributed by atoms with E-state index in [0.29, 0.717) is 0 Å². The van der Waals surface area contributed by atoms with E-state index in [4.69, 9.17) is 4.74 Å². The fourth-order valence-electron chi connectivity index (χ4n) is 1.32. The minimum atomic E-state index is 0.195. The maximum absolute atomic E-state index is 5.25. The molecule has 0 aromatic rings. The van der Waals surface area contributed by atoms with Crippen LogP contribution in [0.4, 0.5) is 0 Å². The van der Waals surface area contributed by atoms with E-state index in [0.717, 1.165) is 26.4 Å². The molecule has 1 N–H and O–H groups in total.